The van der Waals surface area contributed by atoms with Crippen molar-refractivity contribution < 1.29 is 9.53 Å². The van der Waals surface area contributed by atoms with E-state index in [9.17, 15) is 4.79 Å². The summed E-state index contributed by atoms with van der Waals surface area (Å²) in [6.07, 6.45) is 5.09. The normalized spacial score (nSPS) is 14.7. The molecule has 0 unspecified atom stereocenters. The van der Waals surface area contributed by atoms with Crippen LogP contribution >= 0.6 is 15.9 Å². The molecule has 0 bridgehead atoms. The molecule has 1 aromatic carbocycles. The summed E-state index contributed by atoms with van der Waals surface area (Å²) in [5.74, 6) is 1.60. The van der Waals surface area contributed by atoms with E-state index in [1.165, 1.54) is 0 Å². The molecule has 0 radical (unpaired) electrons. The van der Waals surface area contributed by atoms with Gasteiger partial charge in [0.1, 0.15) is 11.6 Å². The first-order valence-electron chi connectivity index (χ1n) is 7.33. The van der Waals surface area contributed by atoms with Gasteiger partial charge in [-0.05, 0) is 34.1 Å². The molecule has 120 valence electrons. The van der Waals surface area contributed by atoms with E-state index in [-0.39, 0.29) is 5.91 Å². The van der Waals surface area contributed by atoms with Crippen molar-refractivity contribution in [3.8, 4) is 5.75 Å². The Hall–Kier alpha value is -2.15. The molecular weight excluding hydrogens is 360 g/mol. The number of carbonyl (C=O) groups excluding carboxylic acids is 1. The number of nitrogens with zero attached hydrogens (tertiary/aromatic N) is 4. The van der Waals surface area contributed by atoms with Gasteiger partial charge in [-0.2, -0.15) is 0 Å². The van der Waals surface area contributed by atoms with E-state index in [4.69, 9.17) is 4.74 Å². The molecule has 2 aromatic rings. The lowest BCUT2D eigenvalue weighted by molar-refractivity contribution is 0.0746. The molecular formula is C16H17BrN4O2. The first kappa shape index (κ1) is 15.7. The minimum atomic E-state index is 0.0344. The smallest absolute Gasteiger partial charge is 0.254 e. The van der Waals surface area contributed by atoms with E-state index in [0.29, 0.717) is 24.4 Å². The van der Waals surface area contributed by atoms with E-state index < -0.39 is 0 Å². The van der Waals surface area contributed by atoms with Gasteiger partial charge >= 0.3 is 0 Å². The third kappa shape index (κ3) is 3.44. The summed E-state index contributed by atoms with van der Waals surface area (Å²) in [5, 5.41) is 0. The fourth-order valence-electron chi connectivity index (χ4n) is 2.58. The Labute approximate surface area is 143 Å². The van der Waals surface area contributed by atoms with E-state index in [0.717, 1.165) is 23.4 Å². The number of rotatable bonds is 3. The third-order valence-corrected chi connectivity index (χ3v) is 4.46. The molecule has 23 heavy (non-hydrogen) atoms. The van der Waals surface area contributed by atoms with Gasteiger partial charge in [0, 0.05) is 44.1 Å². The zero-order valence-electron chi connectivity index (χ0n) is 12.8. The van der Waals surface area contributed by atoms with Gasteiger partial charge in [0.15, 0.2) is 0 Å². The Balaban J connectivity index is 1.65. The van der Waals surface area contributed by atoms with Crippen molar-refractivity contribution in [2.24, 2.45) is 0 Å². The van der Waals surface area contributed by atoms with Crippen LogP contribution in [-0.2, 0) is 0 Å². The van der Waals surface area contributed by atoms with E-state index >= 15 is 0 Å². The maximum Gasteiger partial charge on any atom is 0.254 e. The third-order valence-electron chi connectivity index (χ3n) is 3.84. The number of piperazine rings is 1. The second-order valence-corrected chi connectivity index (χ2v) is 6.05. The number of ether oxygens (including phenoxy) is 1. The van der Waals surface area contributed by atoms with Crippen molar-refractivity contribution in [1.82, 2.24) is 14.9 Å². The van der Waals surface area contributed by atoms with Crippen LogP contribution in [0, 0.1) is 0 Å². The van der Waals surface area contributed by atoms with Gasteiger partial charge in [0.05, 0.1) is 17.8 Å². The highest BCUT2D eigenvalue weighted by molar-refractivity contribution is 9.10. The number of benzene rings is 1. The number of hydrogen-bond donors (Lipinski definition) is 0. The topological polar surface area (TPSA) is 58.6 Å². The fourth-order valence-corrected chi connectivity index (χ4v) is 3.12. The summed E-state index contributed by atoms with van der Waals surface area (Å²) in [5.41, 5.74) is 0.658. The lowest BCUT2D eigenvalue weighted by Gasteiger charge is -2.35. The Morgan fingerprint density at radius 3 is 2.61 bits per heavy atom. The summed E-state index contributed by atoms with van der Waals surface area (Å²) in [6, 6.07) is 5.39. The Kier molecular flexibility index (Phi) is 4.76. The van der Waals surface area contributed by atoms with Crippen molar-refractivity contribution in [2.45, 2.75) is 0 Å². The van der Waals surface area contributed by atoms with Crippen LogP contribution in [0.2, 0.25) is 0 Å². The monoisotopic (exact) mass is 376 g/mol. The molecule has 1 aliphatic rings. The molecule has 2 heterocycles. The first-order chi connectivity index (χ1) is 11.2. The van der Waals surface area contributed by atoms with E-state index in [2.05, 4.69) is 30.8 Å². The van der Waals surface area contributed by atoms with Gasteiger partial charge in [-0.15, -0.1) is 0 Å². The van der Waals surface area contributed by atoms with Crippen LogP contribution in [0.4, 0.5) is 5.82 Å². The molecule has 0 spiro atoms. The summed E-state index contributed by atoms with van der Waals surface area (Å²) in [6.45, 7) is 2.83. The van der Waals surface area contributed by atoms with Crippen LogP contribution in [0.15, 0.2) is 41.3 Å². The fraction of sp³-hybridized carbons (Fsp3) is 0.312. The number of aromatic nitrogens is 2. The molecule has 3 rings (SSSR count). The second-order valence-electron chi connectivity index (χ2n) is 5.19. The molecule has 1 aromatic heterocycles. The summed E-state index contributed by atoms with van der Waals surface area (Å²) in [4.78, 5) is 25.0. The molecule has 1 aliphatic heterocycles. The zero-order chi connectivity index (χ0) is 16.2. The largest absolute Gasteiger partial charge is 0.496 e. The number of carbonyl (C=O) groups is 1. The maximum absolute atomic E-state index is 12.6. The standard InChI is InChI=1S/C16H17BrN4O2/c1-23-14-3-2-12(10-13(14)17)16(22)21-8-6-20(7-9-21)15-11-18-4-5-19-15/h2-5,10-11H,6-9H2,1H3. The molecule has 0 saturated carbocycles. The SMILES string of the molecule is COc1ccc(C(=O)N2CCN(c3cnccn3)CC2)cc1Br. The van der Waals surface area contributed by atoms with Crippen molar-refractivity contribution in [2.75, 3.05) is 38.2 Å². The highest BCUT2D eigenvalue weighted by Crippen LogP contribution is 2.26. The molecule has 0 aliphatic carbocycles. The Morgan fingerprint density at radius 2 is 2.00 bits per heavy atom. The van der Waals surface area contributed by atoms with Crippen LogP contribution in [0.3, 0.4) is 0 Å². The summed E-state index contributed by atoms with van der Waals surface area (Å²) >= 11 is 3.42. The van der Waals surface area contributed by atoms with Crippen molar-refractivity contribution in [1.29, 1.82) is 0 Å². The Morgan fingerprint density at radius 1 is 1.22 bits per heavy atom. The molecule has 1 saturated heterocycles. The summed E-state index contributed by atoms with van der Waals surface area (Å²) in [7, 11) is 1.60. The van der Waals surface area contributed by atoms with Crippen LogP contribution in [0.1, 0.15) is 10.4 Å². The number of hydrogen-bond acceptors (Lipinski definition) is 5. The molecule has 6 nitrogen and oxygen atoms in total. The van der Waals surface area contributed by atoms with Crippen molar-refractivity contribution in [3.05, 3.63) is 46.8 Å². The maximum atomic E-state index is 12.6. The number of amides is 1. The van der Waals surface area contributed by atoms with E-state index in [1.807, 2.05) is 4.90 Å². The highest BCUT2D eigenvalue weighted by Gasteiger charge is 2.23. The molecule has 7 heteroatoms. The zero-order valence-corrected chi connectivity index (χ0v) is 14.4. The van der Waals surface area contributed by atoms with Gasteiger partial charge < -0.3 is 14.5 Å². The highest BCUT2D eigenvalue weighted by atomic mass is 79.9. The summed E-state index contributed by atoms with van der Waals surface area (Å²) < 4.78 is 5.98. The number of methoxy groups -OCH3 is 1. The van der Waals surface area contributed by atoms with E-state index in [1.54, 1.807) is 43.9 Å². The minimum absolute atomic E-state index is 0.0344. The molecule has 0 N–H and O–H groups in total. The van der Waals surface area contributed by atoms with Crippen LogP contribution in [0.5, 0.6) is 5.75 Å². The lowest BCUT2D eigenvalue weighted by atomic mass is 10.1. The van der Waals surface area contributed by atoms with Gasteiger partial charge in [-0.3, -0.25) is 9.78 Å². The second kappa shape index (κ2) is 6.95. The molecule has 0 atom stereocenters. The van der Waals surface area contributed by atoms with Gasteiger partial charge in [0.2, 0.25) is 0 Å². The van der Waals surface area contributed by atoms with Crippen LogP contribution < -0.4 is 9.64 Å². The van der Waals surface area contributed by atoms with Gasteiger partial charge in [0.25, 0.3) is 5.91 Å². The van der Waals surface area contributed by atoms with Crippen molar-refractivity contribution in [3.63, 3.8) is 0 Å². The number of halogens is 1. The lowest BCUT2D eigenvalue weighted by Crippen LogP contribution is -2.49. The first-order valence-corrected chi connectivity index (χ1v) is 8.12. The Bertz CT molecular complexity index is 688. The predicted molar refractivity (Wildman–Crippen MR) is 90.8 cm³/mol. The van der Waals surface area contributed by atoms with Crippen LogP contribution in [-0.4, -0.2) is 54.1 Å². The predicted octanol–water partition coefficient (Wildman–Crippen LogP) is 2.21. The molecule has 1 fully saturated rings. The number of anilines is 1. The van der Waals surface area contributed by atoms with Gasteiger partial charge in [-0.1, -0.05) is 0 Å². The van der Waals surface area contributed by atoms with Gasteiger partial charge in [-0.25, -0.2) is 4.98 Å². The average Bonchev–Trinajstić information content (AvgIpc) is 2.62. The quantitative estimate of drug-likeness (QED) is 0.821. The van der Waals surface area contributed by atoms with Crippen LogP contribution in [0.25, 0.3) is 0 Å². The minimum Gasteiger partial charge on any atom is -0.496 e. The average molecular weight is 377 g/mol. The van der Waals surface area contributed by atoms with Crippen molar-refractivity contribution >= 4 is 27.7 Å². The molecule has 1 amide bonds.